The van der Waals surface area contributed by atoms with Gasteiger partial charge in [0.2, 0.25) is 10.2 Å². The Morgan fingerprint density at radius 1 is 0.590 bits per heavy atom. The van der Waals surface area contributed by atoms with E-state index in [9.17, 15) is 79.0 Å². The molecule has 3 unspecified atom stereocenters. The van der Waals surface area contributed by atoms with Gasteiger partial charge in [0.1, 0.15) is 0 Å². The van der Waals surface area contributed by atoms with E-state index < -0.39 is 63.8 Å². The van der Waals surface area contributed by atoms with Crippen LogP contribution in [0.4, 0.5) is 79.0 Å². The lowest BCUT2D eigenvalue weighted by Gasteiger charge is -2.14. The molecule has 27 heteroatoms. The van der Waals surface area contributed by atoms with Crippen molar-refractivity contribution in [3.8, 4) is 0 Å². The average molecular weight is 1070 g/mol. The lowest BCUT2D eigenvalue weighted by atomic mass is 10.8. The van der Waals surface area contributed by atoms with Crippen LogP contribution in [0.5, 0.6) is 0 Å². The van der Waals surface area contributed by atoms with Gasteiger partial charge in [0.15, 0.2) is 6.33 Å². The molecule has 0 aromatic heterocycles. The van der Waals surface area contributed by atoms with Gasteiger partial charge < -0.3 is 0 Å². The molecule has 0 radical (unpaired) electrons. The van der Waals surface area contributed by atoms with Gasteiger partial charge in [0, 0.05) is 0 Å². The third-order valence-electron chi connectivity index (χ3n) is 1.18. The molecule has 0 aliphatic heterocycles. The van der Waals surface area contributed by atoms with Gasteiger partial charge in [0.25, 0.3) is 16.7 Å². The van der Waals surface area contributed by atoms with E-state index in [1.807, 2.05) is 47.8 Å². The van der Waals surface area contributed by atoms with Crippen molar-refractivity contribution in [3.05, 3.63) is 35.1 Å². The van der Waals surface area contributed by atoms with Crippen LogP contribution in [0.25, 0.3) is 0 Å². The van der Waals surface area contributed by atoms with Gasteiger partial charge in [-0.3, -0.25) is 0 Å². The molecule has 0 nitrogen and oxygen atoms in total. The SMILES string of the molecule is FC(Br)C(F)(F)Br.FC(Br)C(F)(F)Br.FC(F)(Br)C(F)(Cl)Br.FC(F)=C(F)Cl.FC(F)=C(F)Cl.FC=C(F)F. The van der Waals surface area contributed by atoms with Crippen LogP contribution in [0.2, 0.25) is 0 Å². The molecule has 0 saturated carbocycles. The zero-order chi connectivity index (χ0) is 33.7. The summed E-state index contributed by atoms with van der Waals surface area (Å²) in [6.45, 7) is 0. The van der Waals surface area contributed by atoms with E-state index in [-0.39, 0.29) is 0 Å². The Hall–Kier alpha value is 1.71. The molecule has 0 spiro atoms. The summed E-state index contributed by atoms with van der Waals surface area (Å²) in [5.74, 6) is 0. The molecule has 0 aromatic rings. The third-order valence-corrected chi connectivity index (χ3v) is 6.69. The third kappa shape index (κ3) is 52.8. The van der Waals surface area contributed by atoms with E-state index in [2.05, 4.69) is 34.8 Å². The maximum atomic E-state index is 11.8. The fourth-order valence-corrected chi connectivity index (χ4v) is 0. The van der Waals surface area contributed by atoms with Gasteiger partial charge in [-0.25, -0.2) is 17.6 Å². The lowest BCUT2D eigenvalue weighted by Crippen LogP contribution is -2.26. The van der Waals surface area contributed by atoms with E-state index in [0.717, 1.165) is 0 Å². The van der Waals surface area contributed by atoms with E-state index >= 15 is 0 Å². The van der Waals surface area contributed by atoms with Crippen molar-refractivity contribution in [1.82, 2.24) is 0 Å². The molecule has 240 valence electrons. The fraction of sp³-hybridized carbons (Fsp3) is 0.500. The van der Waals surface area contributed by atoms with Crippen molar-refractivity contribution in [2.24, 2.45) is 0 Å². The molecule has 0 rings (SSSR count). The zero-order valence-electron chi connectivity index (χ0n) is 16.4. The van der Waals surface area contributed by atoms with Crippen molar-refractivity contribution in [3.63, 3.8) is 0 Å². The number of halogens is 27. The normalized spacial score (nSPS) is 13.5. The minimum absolute atomic E-state index is 0.750. The highest BCUT2D eigenvalue weighted by atomic mass is 79.9. The van der Waals surface area contributed by atoms with Crippen LogP contribution in [0.15, 0.2) is 35.1 Å². The molecule has 0 amide bonds. The lowest BCUT2D eigenvalue weighted by molar-refractivity contribution is 0.0479. The average Bonchev–Trinajstić information content (AvgIpc) is 2.67. The van der Waals surface area contributed by atoms with Crippen molar-refractivity contribution in [1.29, 1.82) is 0 Å². The molecule has 0 aromatic carbocycles. The second kappa shape index (κ2) is 26.1. The van der Waals surface area contributed by atoms with Crippen LogP contribution in [0.3, 0.4) is 0 Å². The van der Waals surface area contributed by atoms with E-state index in [1.54, 1.807) is 47.8 Å². The highest BCUT2D eigenvalue weighted by molar-refractivity contribution is 9.13. The molecule has 0 aliphatic carbocycles. The molecule has 3 atom stereocenters. The zero-order valence-corrected chi connectivity index (χ0v) is 28.2. The number of alkyl halides is 16. The Labute approximate surface area is 271 Å². The molecule has 39 heavy (non-hydrogen) atoms. The van der Waals surface area contributed by atoms with Gasteiger partial charge >= 0.3 is 30.7 Å². The molecule has 0 fully saturated rings. The van der Waals surface area contributed by atoms with Gasteiger partial charge in [-0.1, -0.05) is 11.6 Å². The van der Waals surface area contributed by atoms with Crippen LogP contribution in [-0.2, 0) is 0 Å². The first-order valence-electron chi connectivity index (χ1n) is 6.86. The molecule has 0 heterocycles. The topological polar surface area (TPSA) is 0 Å². The predicted octanol–water partition coefficient (Wildman–Crippen LogP) is 14.8. The maximum Gasteiger partial charge on any atom is 0.358 e. The number of hydrogen-bond acceptors (Lipinski definition) is 0. The Kier molecular flexibility index (Phi) is 35.7. The van der Waals surface area contributed by atoms with Crippen molar-refractivity contribution >= 4 is 130 Å². The summed E-state index contributed by atoms with van der Waals surface area (Å²) < 4.78 is 194. The molecule has 0 aliphatic rings. The Morgan fingerprint density at radius 2 is 0.692 bits per heavy atom. The van der Waals surface area contributed by atoms with Gasteiger partial charge in [-0.2, -0.15) is 61.5 Å². The summed E-state index contributed by atoms with van der Waals surface area (Å²) in [7, 11) is 0. The number of rotatable bonds is 3. The summed E-state index contributed by atoms with van der Waals surface area (Å²) in [4.78, 5) is -10.6. The summed E-state index contributed by atoms with van der Waals surface area (Å²) in [5, 5.41) is -8.48. The van der Waals surface area contributed by atoms with Gasteiger partial charge in [-0.05, 0) is 119 Å². The first-order chi connectivity index (χ1) is 16.7. The molecule has 0 saturated heterocycles. The second-order valence-electron chi connectivity index (χ2n) is 4.12. The van der Waals surface area contributed by atoms with E-state index in [0.29, 0.717) is 0 Å². The van der Waals surface area contributed by atoms with Crippen LogP contribution in [0, 0.1) is 0 Å². The molecular weight excluding hydrogens is 1070 g/mol. The summed E-state index contributed by atoms with van der Waals surface area (Å²) in [6, 6.07) is 0. The maximum absolute atomic E-state index is 11.8. The van der Waals surface area contributed by atoms with Crippen molar-refractivity contribution in [2.45, 2.75) is 28.7 Å². The van der Waals surface area contributed by atoms with E-state index in [4.69, 9.17) is 0 Å². The van der Waals surface area contributed by atoms with Crippen LogP contribution in [-0.4, -0.2) is 28.7 Å². The minimum Gasteiger partial charge on any atom is -0.227 e. The smallest absolute Gasteiger partial charge is 0.227 e. The number of hydrogen-bond donors (Lipinski definition) is 0. The summed E-state index contributed by atoms with van der Waals surface area (Å²) in [6.07, 6.45) is -7.99. The monoisotopic (exact) mass is 1070 g/mol. The molecule has 0 N–H and O–H groups in total. The predicted molar refractivity (Wildman–Crippen MR) is 132 cm³/mol. The first kappa shape index (κ1) is 53.3. The highest BCUT2D eigenvalue weighted by Gasteiger charge is 2.49. The largest absolute Gasteiger partial charge is 0.358 e. The van der Waals surface area contributed by atoms with Crippen LogP contribution in [0.1, 0.15) is 0 Å². The van der Waals surface area contributed by atoms with E-state index in [1.165, 1.54) is 0 Å². The quantitative estimate of drug-likeness (QED) is 0.195. The molecule has 0 bridgehead atoms. The molecular formula is C12H3Br6Cl3F18. The summed E-state index contributed by atoms with van der Waals surface area (Å²) in [5.41, 5.74) is 0. The Bertz CT molecular complexity index is 621. The Balaban J connectivity index is -0.0000000843. The standard InChI is InChI=1S/C2Br2ClF3.2C2HBr2F3.2C2ClF3.C2HF3/c3-1(5,6)2(4,7)8;2*3-1(5)2(4,6)7;2*3-1(4)2(5)6;3-1-2(4)5/h;2*1H;;;1H. The van der Waals surface area contributed by atoms with Gasteiger partial charge in [0.05, 0.1) is 0 Å². The summed E-state index contributed by atoms with van der Waals surface area (Å²) >= 11 is 23.9. The highest BCUT2D eigenvalue weighted by Crippen LogP contribution is 2.45. The van der Waals surface area contributed by atoms with Crippen LogP contribution < -0.4 is 0 Å². The first-order valence-corrected chi connectivity index (χ1v) is 13.0. The van der Waals surface area contributed by atoms with Crippen molar-refractivity contribution < 1.29 is 79.0 Å². The second-order valence-corrected chi connectivity index (χ2v) is 11.6. The van der Waals surface area contributed by atoms with Crippen molar-refractivity contribution in [2.75, 3.05) is 0 Å². The van der Waals surface area contributed by atoms with Crippen LogP contribution >= 0.6 is 130 Å². The van der Waals surface area contributed by atoms with Gasteiger partial charge in [-0.15, -0.1) is 0 Å². The fourth-order valence-electron chi connectivity index (χ4n) is 0. The minimum atomic E-state index is -3.73. The Morgan fingerprint density at radius 3 is 0.692 bits per heavy atom.